The van der Waals surface area contributed by atoms with E-state index in [9.17, 15) is 9.59 Å². The second-order valence-electron chi connectivity index (χ2n) is 5.40. The number of halogens is 1. The Bertz CT molecular complexity index is 751. The third kappa shape index (κ3) is 3.32. The summed E-state index contributed by atoms with van der Waals surface area (Å²) in [7, 11) is 0. The summed E-state index contributed by atoms with van der Waals surface area (Å²) in [5, 5.41) is 3.23. The fourth-order valence-electron chi connectivity index (χ4n) is 2.46. The molecule has 2 heterocycles. The highest BCUT2D eigenvalue weighted by Crippen LogP contribution is 2.29. The Labute approximate surface area is 138 Å². The lowest BCUT2D eigenvalue weighted by atomic mass is 10.1. The highest BCUT2D eigenvalue weighted by Gasteiger charge is 2.35. The Morgan fingerprint density at radius 3 is 2.78 bits per heavy atom. The highest BCUT2D eigenvalue weighted by atomic mass is 35.5. The topological polar surface area (TPSA) is 75.2 Å². The van der Waals surface area contributed by atoms with E-state index >= 15 is 0 Å². The summed E-state index contributed by atoms with van der Waals surface area (Å²) < 4.78 is 0. The third-order valence-corrected chi connectivity index (χ3v) is 4.17. The quantitative estimate of drug-likeness (QED) is 0.937. The predicted molar refractivity (Wildman–Crippen MR) is 87.3 cm³/mol. The second kappa shape index (κ2) is 6.34. The Morgan fingerprint density at radius 1 is 1.35 bits per heavy atom. The standard InChI is InChI=1S/C16H15ClN4O2/c1-10-3-4-12(8-13(10)17)21-9-11(7-14(21)22)15(23)20-16-18-5-2-6-19-16/h2-6,8,11H,7,9H2,1H3,(H,18,19,20,23)/t11-/m0/s1. The van der Waals surface area contributed by atoms with E-state index in [1.807, 2.05) is 19.1 Å². The molecule has 0 radical (unpaired) electrons. The summed E-state index contributed by atoms with van der Waals surface area (Å²) in [6.07, 6.45) is 3.25. The first-order valence-corrected chi connectivity index (χ1v) is 7.57. The van der Waals surface area contributed by atoms with E-state index in [1.54, 1.807) is 29.4 Å². The minimum Gasteiger partial charge on any atom is -0.312 e. The van der Waals surface area contributed by atoms with Gasteiger partial charge in [0.15, 0.2) is 0 Å². The van der Waals surface area contributed by atoms with E-state index in [2.05, 4.69) is 15.3 Å². The van der Waals surface area contributed by atoms with Crippen LogP contribution in [0.2, 0.25) is 5.02 Å². The molecule has 2 aromatic rings. The van der Waals surface area contributed by atoms with Gasteiger partial charge in [-0.1, -0.05) is 17.7 Å². The maximum Gasteiger partial charge on any atom is 0.232 e. The van der Waals surface area contributed by atoms with Gasteiger partial charge < -0.3 is 4.90 Å². The summed E-state index contributed by atoms with van der Waals surface area (Å²) in [6.45, 7) is 2.21. The molecule has 1 saturated heterocycles. The van der Waals surface area contributed by atoms with E-state index in [0.29, 0.717) is 17.3 Å². The number of carbonyl (C=O) groups excluding carboxylic acids is 2. The summed E-state index contributed by atoms with van der Waals surface area (Å²) in [5.41, 5.74) is 1.65. The third-order valence-electron chi connectivity index (χ3n) is 3.76. The molecule has 1 aliphatic rings. The first-order valence-electron chi connectivity index (χ1n) is 7.19. The number of aryl methyl sites for hydroxylation is 1. The Morgan fingerprint density at radius 2 is 2.09 bits per heavy atom. The summed E-state index contributed by atoms with van der Waals surface area (Å²) in [4.78, 5) is 34.0. The highest BCUT2D eigenvalue weighted by molar-refractivity contribution is 6.31. The van der Waals surface area contributed by atoms with Crippen LogP contribution in [0, 0.1) is 12.8 Å². The number of rotatable bonds is 3. The number of benzene rings is 1. The zero-order valence-electron chi connectivity index (χ0n) is 12.5. The molecule has 1 N–H and O–H groups in total. The lowest BCUT2D eigenvalue weighted by Gasteiger charge is -2.17. The van der Waals surface area contributed by atoms with Crippen LogP contribution < -0.4 is 10.2 Å². The monoisotopic (exact) mass is 330 g/mol. The van der Waals surface area contributed by atoms with Crippen molar-refractivity contribution < 1.29 is 9.59 Å². The van der Waals surface area contributed by atoms with Gasteiger partial charge in [-0.15, -0.1) is 0 Å². The van der Waals surface area contributed by atoms with Gasteiger partial charge in [0, 0.05) is 36.1 Å². The minimum atomic E-state index is -0.439. The lowest BCUT2D eigenvalue weighted by molar-refractivity contribution is -0.122. The summed E-state index contributed by atoms with van der Waals surface area (Å²) in [5.74, 6) is -0.558. The number of anilines is 2. The number of hydrogen-bond acceptors (Lipinski definition) is 4. The number of amides is 2. The van der Waals surface area contributed by atoms with Crippen molar-refractivity contribution in [2.75, 3.05) is 16.8 Å². The number of aromatic nitrogens is 2. The molecule has 3 rings (SSSR count). The van der Waals surface area contributed by atoms with Gasteiger partial charge in [-0.25, -0.2) is 9.97 Å². The van der Waals surface area contributed by atoms with Crippen LogP contribution in [0.25, 0.3) is 0 Å². The molecule has 0 saturated carbocycles. The predicted octanol–water partition coefficient (Wildman–Crippen LogP) is 2.43. The van der Waals surface area contributed by atoms with Gasteiger partial charge in [0.25, 0.3) is 0 Å². The Kier molecular flexibility index (Phi) is 4.25. The van der Waals surface area contributed by atoms with Gasteiger partial charge >= 0.3 is 0 Å². The summed E-state index contributed by atoms with van der Waals surface area (Å²) >= 11 is 6.11. The van der Waals surface area contributed by atoms with Gasteiger partial charge in [-0.05, 0) is 30.7 Å². The number of nitrogens with zero attached hydrogens (tertiary/aromatic N) is 3. The van der Waals surface area contributed by atoms with E-state index in [-0.39, 0.29) is 24.2 Å². The molecule has 23 heavy (non-hydrogen) atoms. The van der Waals surface area contributed by atoms with Gasteiger partial charge in [0.2, 0.25) is 17.8 Å². The Balaban J connectivity index is 1.71. The van der Waals surface area contributed by atoms with Crippen molar-refractivity contribution >= 4 is 35.1 Å². The maximum absolute atomic E-state index is 12.3. The molecule has 0 spiro atoms. The molecule has 1 atom stereocenters. The molecule has 1 aromatic heterocycles. The zero-order valence-corrected chi connectivity index (χ0v) is 13.2. The number of carbonyl (C=O) groups is 2. The van der Waals surface area contributed by atoms with Crippen molar-refractivity contribution in [2.45, 2.75) is 13.3 Å². The first-order chi connectivity index (χ1) is 11.0. The summed E-state index contributed by atoms with van der Waals surface area (Å²) in [6, 6.07) is 7.10. The smallest absolute Gasteiger partial charge is 0.232 e. The first kappa shape index (κ1) is 15.4. The molecule has 7 heteroatoms. The molecule has 0 unspecified atom stereocenters. The molecule has 1 aliphatic heterocycles. The van der Waals surface area contributed by atoms with Gasteiger partial charge in [-0.2, -0.15) is 0 Å². The van der Waals surface area contributed by atoms with E-state index in [4.69, 9.17) is 11.6 Å². The van der Waals surface area contributed by atoms with Crippen molar-refractivity contribution in [3.8, 4) is 0 Å². The molecule has 118 valence electrons. The number of hydrogen-bond donors (Lipinski definition) is 1. The van der Waals surface area contributed by atoms with Crippen LogP contribution >= 0.6 is 11.6 Å². The molecular formula is C16H15ClN4O2. The van der Waals surface area contributed by atoms with Crippen molar-refractivity contribution in [1.82, 2.24) is 9.97 Å². The van der Waals surface area contributed by atoms with E-state index in [1.165, 1.54) is 0 Å². The van der Waals surface area contributed by atoms with E-state index < -0.39 is 5.92 Å². The average Bonchev–Trinajstić information content (AvgIpc) is 2.93. The minimum absolute atomic E-state index is 0.0981. The number of nitrogens with one attached hydrogen (secondary N) is 1. The molecule has 2 amide bonds. The van der Waals surface area contributed by atoms with E-state index in [0.717, 1.165) is 5.56 Å². The average molecular weight is 331 g/mol. The fourth-order valence-corrected chi connectivity index (χ4v) is 2.63. The zero-order chi connectivity index (χ0) is 16.4. The second-order valence-corrected chi connectivity index (χ2v) is 5.81. The SMILES string of the molecule is Cc1ccc(N2C[C@@H](C(=O)Nc3ncccn3)CC2=O)cc1Cl. The largest absolute Gasteiger partial charge is 0.312 e. The van der Waals surface area contributed by atoms with Crippen LogP contribution in [0.5, 0.6) is 0 Å². The normalized spacial score (nSPS) is 17.4. The molecule has 0 aliphatic carbocycles. The maximum atomic E-state index is 12.3. The van der Waals surface area contributed by atoms with Crippen LogP contribution in [-0.4, -0.2) is 28.3 Å². The lowest BCUT2D eigenvalue weighted by Crippen LogP contribution is -2.28. The van der Waals surface area contributed by atoms with Crippen molar-refractivity contribution in [2.24, 2.45) is 5.92 Å². The van der Waals surface area contributed by atoms with Crippen molar-refractivity contribution in [3.05, 3.63) is 47.2 Å². The van der Waals surface area contributed by atoms with Gasteiger partial charge in [0.1, 0.15) is 0 Å². The molecule has 0 bridgehead atoms. The Hall–Kier alpha value is -2.47. The van der Waals surface area contributed by atoms with Crippen LogP contribution in [0.1, 0.15) is 12.0 Å². The van der Waals surface area contributed by atoms with Crippen molar-refractivity contribution in [1.29, 1.82) is 0 Å². The van der Waals surface area contributed by atoms with Crippen LogP contribution in [-0.2, 0) is 9.59 Å². The van der Waals surface area contributed by atoms with Crippen LogP contribution in [0.15, 0.2) is 36.7 Å². The van der Waals surface area contributed by atoms with Crippen LogP contribution in [0.4, 0.5) is 11.6 Å². The molecular weight excluding hydrogens is 316 g/mol. The molecule has 6 nitrogen and oxygen atoms in total. The van der Waals surface area contributed by atoms with Crippen molar-refractivity contribution in [3.63, 3.8) is 0 Å². The van der Waals surface area contributed by atoms with Crippen LogP contribution in [0.3, 0.4) is 0 Å². The van der Waals surface area contributed by atoms with Gasteiger partial charge in [0.05, 0.1) is 5.92 Å². The van der Waals surface area contributed by atoms with Gasteiger partial charge in [-0.3, -0.25) is 14.9 Å². The molecule has 1 fully saturated rings. The fraction of sp³-hybridized carbons (Fsp3) is 0.250. The molecule has 1 aromatic carbocycles.